The van der Waals surface area contributed by atoms with Gasteiger partial charge < -0.3 is 10.0 Å². The van der Waals surface area contributed by atoms with Gasteiger partial charge in [-0.25, -0.2) is 0 Å². The zero-order valence-corrected chi connectivity index (χ0v) is 13.5. The number of aromatic hydroxyl groups is 1. The maximum Gasteiger partial charge on any atom is 0.235 e. The largest absolute Gasteiger partial charge is 0.508 e. The van der Waals surface area contributed by atoms with Crippen molar-refractivity contribution in [3.63, 3.8) is 0 Å². The Hall–Kier alpha value is -1.81. The molecule has 0 bridgehead atoms. The lowest BCUT2D eigenvalue weighted by atomic mass is 9.70. The number of hydrogen-bond acceptors (Lipinski definition) is 2. The Kier molecular flexibility index (Phi) is 3.29. The zero-order chi connectivity index (χ0) is 15.2. The number of benzene rings is 2. The average molecular weight is 346 g/mol. The number of para-hydroxylation sites is 1. The molecule has 1 aliphatic rings. The first kappa shape index (κ1) is 14.1. The van der Waals surface area contributed by atoms with Crippen LogP contribution in [0.2, 0.25) is 0 Å². The molecule has 0 aliphatic carbocycles. The van der Waals surface area contributed by atoms with Crippen LogP contribution in [0.15, 0.2) is 53.0 Å². The number of amides is 1. The number of phenolic OH excluding ortho intramolecular Hbond substituents is 1. The molecule has 3 nitrogen and oxygen atoms in total. The summed E-state index contributed by atoms with van der Waals surface area (Å²) in [5.41, 5.74) is 1.10. The smallest absolute Gasteiger partial charge is 0.235 e. The average Bonchev–Trinajstić information content (AvgIpc) is 2.46. The van der Waals surface area contributed by atoms with Gasteiger partial charge in [-0.05, 0) is 44.2 Å². The van der Waals surface area contributed by atoms with E-state index in [4.69, 9.17) is 0 Å². The standard InChI is InChI=1S/C17H16BrNO2/c1-17(2)15(13-5-3-4-6-14(13)20)19(16(17)21)12-9-7-11(18)8-10-12/h3-10,15,20H,1-2H3. The highest BCUT2D eigenvalue weighted by molar-refractivity contribution is 9.10. The molecule has 1 unspecified atom stereocenters. The van der Waals surface area contributed by atoms with Gasteiger partial charge in [-0.15, -0.1) is 0 Å². The summed E-state index contributed by atoms with van der Waals surface area (Å²) < 4.78 is 0.970. The van der Waals surface area contributed by atoms with E-state index in [0.717, 1.165) is 15.7 Å². The van der Waals surface area contributed by atoms with Crippen molar-refractivity contribution in [2.24, 2.45) is 5.41 Å². The molecule has 2 aromatic rings. The molecule has 1 saturated heterocycles. The van der Waals surface area contributed by atoms with Crippen LogP contribution in [0.4, 0.5) is 5.69 Å². The van der Waals surface area contributed by atoms with E-state index in [1.807, 2.05) is 50.2 Å². The molecule has 0 spiro atoms. The highest BCUT2D eigenvalue weighted by atomic mass is 79.9. The third-order valence-electron chi connectivity index (χ3n) is 4.05. The van der Waals surface area contributed by atoms with Crippen molar-refractivity contribution in [3.8, 4) is 5.75 Å². The molecule has 108 valence electrons. The molecular weight excluding hydrogens is 330 g/mol. The summed E-state index contributed by atoms with van der Waals surface area (Å²) in [4.78, 5) is 14.2. The number of β-lactam (4-membered cyclic amide) rings is 1. The van der Waals surface area contributed by atoms with Crippen LogP contribution < -0.4 is 4.90 Å². The maximum absolute atomic E-state index is 12.5. The van der Waals surface area contributed by atoms with Gasteiger partial charge in [0.25, 0.3) is 0 Å². The molecule has 3 rings (SSSR count). The fourth-order valence-corrected chi connectivity index (χ4v) is 3.18. The number of rotatable bonds is 2. The van der Waals surface area contributed by atoms with Gasteiger partial charge in [0, 0.05) is 15.7 Å². The van der Waals surface area contributed by atoms with E-state index in [1.54, 1.807) is 17.0 Å². The third kappa shape index (κ3) is 2.14. The van der Waals surface area contributed by atoms with E-state index in [-0.39, 0.29) is 17.7 Å². The Bertz CT molecular complexity index is 694. The van der Waals surface area contributed by atoms with E-state index in [2.05, 4.69) is 15.9 Å². The summed E-state index contributed by atoms with van der Waals surface area (Å²) in [6.07, 6.45) is 0. The van der Waals surface area contributed by atoms with Crippen molar-refractivity contribution in [1.29, 1.82) is 0 Å². The van der Waals surface area contributed by atoms with Crippen LogP contribution in [0.25, 0.3) is 0 Å². The summed E-state index contributed by atoms with van der Waals surface area (Å²) in [6, 6.07) is 14.7. The number of anilines is 1. The Morgan fingerprint density at radius 1 is 1.10 bits per heavy atom. The summed E-state index contributed by atoms with van der Waals surface area (Å²) in [5, 5.41) is 10.1. The van der Waals surface area contributed by atoms with E-state index >= 15 is 0 Å². The number of carbonyl (C=O) groups excluding carboxylic acids is 1. The van der Waals surface area contributed by atoms with Gasteiger partial charge in [-0.1, -0.05) is 34.1 Å². The zero-order valence-electron chi connectivity index (χ0n) is 11.9. The summed E-state index contributed by atoms with van der Waals surface area (Å²) in [5.74, 6) is 0.295. The first-order valence-corrected chi connectivity index (χ1v) is 7.59. The first-order valence-electron chi connectivity index (χ1n) is 6.80. The molecule has 1 fully saturated rings. The second-order valence-electron chi connectivity index (χ2n) is 5.83. The lowest BCUT2D eigenvalue weighted by Crippen LogP contribution is -2.61. The minimum atomic E-state index is -0.522. The van der Waals surface area contributed by atoms with Gasteiger partial charge in [-0.3, -0.25) is 4.79 Å². The van der Waals surface area contributed by atoms with Crippen LogP contribution in [0.3, 0.4) is 0 Å². The van der Waals surface area contributed by atoms with Gasteiger partial charge in [0.15, 0.2) is 0 Å². The van der Waals surface area contributed by atoms with Crippen molar-refractivity contribution >= 4 is 27.5 Å². The van der Waals surface area contributed by atoms with Gasteiger partial charge in [-0.2, -0.15) is 0 Å². The molecule has 0 saturated carbocycles. The molecular formula is C17H16BrNO2. The predicted octanol–water partition coefficient (Wildman–Crippen LogP) is 4.27. The van der Waals surface area contributed by atoms with Crippen LogP contribution in [0, 0.1) is 5.41 Å². The molecule has 2 aromatic carbocycles. The van der Waals surface area contributed by atoms with Crippen LogP contribution in [0.5, 0.6) is 5.75 Å². The highest BCUT2D eigenvalue weighted by Crippen LogP contribution is 2.53. The molecule has 1 atom stereocenters. The highest BCUT2D eigenvalue weighted by Gasteiger charge is 2.56. The molecule has 1 heterocycles. The Labute approximate surface area is 132 Å². The van der Waals surface area contributed by atoms with Gasteiger partial charge in [0.1, 0.15) is 5.75 Å². The number of carbonyl (C=O) groups is 1. The van der Waals surface area contributed by atoms with Crippen LogP contribution in [-0.4, -0.2) is 11.0 Å². The topological polar surface area (TPSA) is 40.5 Å². The van der Waals surface area contributed by atoms with Crippen LogP contribution in [0.1, 0.15) is 25.5 Å². The van der Waals surface area contributed by atoms with E-state index < -0.39 is 5.41 Å². The number of hydrogen-bond donors (Lipinski definition) is 1. The van der Waals surface area contributed by atoms with Crippen molar-refractivity contribution in [2.45, 2.75) is 19.9 Å². The number of nitrogens with zero attached hydrogens (tertiary/aromatic N) is 1. The van der Waals surface area contributed by atoms with Crippen molar-refractivity contribution < 1.29 is 9.90 Å². The molecule has 1 aliphatic heterocycles. The van der Waals surface area contributed by atoms with Gasteiger partial charge >= 0.3 is 0 Å². The monoisotopic (exact) mass is 345 g/mol. The lowest BCUT2D eigenvalue weighted by Gasteiger charge is -2.53. The normalized spacial score (nSPS) is 20.2. The first-order chi connectivity index (χ1) is 9.93. The fourth-order valence-electron chi connectivity index (χ4n) is 2.92. The quantitative estimate of drug-likeness (QED) is 0.825. The molecule has 4 heteroatoms. The minimum Gasteiger partial charge on any atom is -0.508 e. The second-order valence-corrected chi connectivity index (χ2v) is 6.75. The molecule has 21 heavy (non-hydrogen) atoms. The van der Waals surface area contributed by atoms with Crippen molar-refractivity contribution in [2.75, 3.05) is 4.90 Å². The van der Waals surface area contributed by atoms with Gasteiger partial charge in [0.05, 0.1) is 11.5 Å². The second kappa shape index (κ2) is 4.88. The summed E-state index contributed by atoms with van der Waals surface area (Å²) >= 11 is 3.40. The Morgan fingerprint density at radius 2 is 1.71 bits per heavy atom. The lowest BCUT2D eigenvalue weighted by molar-refractivity contribution is -0.137. The van der Waals surface area contributed by atoms with Crippen molar-refractivity contribution in [3.05, 3.63) is 58.6 Å². The van der Waals surface area contributed by atoms with Crippen molar-refractivity contribution in [1.82, 2.24) is 0 Å². The predicted molar refractivity (Wildman–Crippen MR) is 86.3 cm³/mol. The third-order valence-corrected chi connectivity index (χ3v) is 4.58. The van der Waals surface area contributed by atoms with Crippen LogP contribution in [-0.2, 0) is 4.79 Å². The van der Waals surface area contributed by atoms with E-state index in [9.17, 15) is 9.90 Å². The van der Waals surface area contributed by atoms with E-state index in [0.29, 0.717) is 0 Å². The number of phenols is 1. The molecule has 1 N–H and O–H groups in total. The molecule has 0 radical (unpaired) electrons. The van der Waals surface area contributed by atoms with Gasteiger partial charge in [0.2, 0.25) is 5.91 Å². The Morgan fingerprint density at radius 3 is 2.33 bits per heavy atom. The Balaban J connectivity index is 2.06. The maximum atomic E-state index is 12.5. The molecule has 0 aromatic heterocycles. The fraction of sp³-hybridized carbons (Fsp3) is 0.235. The van der Waals surface area contributed by atoms with E-state index in [1.165, 1.54) is 0 Å². The summed E-state index contributed by atoms with van der Waals surface area (Å²) in [7, 11) is 0. The van der Waals surface area contributed by atoms with Crippen LogP contribution >= 0.6 is 15.9 Å². The minimum absolute atomic E-state index is 0.0677. The molecule has 1 amide bonds. The SMILES string of the molecule is CC1(C)C(=O)N(c2ccc(Br)cc2)C1c1ccccc1O. The summed E-state index contributed by atoms with van der Waals surface area (Å²) in [6.45, 7) is 3.84. The number of halogens is 1.